The molecule has 0 bridgehead atoms. The summed E-state index contributed by atoms with van der Waals surface area (Å²) < 4.78 is 13.7. The van der Waals surface area contributed by atoms with Crippen molar-refractivity contribution in [2.24, 2.45) is 0 Å². The molecule has 5 heteroatoms. The van der Waals surface area contributed by atoms with Gasteiger partial charge in [0.25, 0.3) is 5.91 Å². The van der Waals surface area contributed by atoms with Crippen molar-refractivity contribution in [1.29, 1.82) is 0 Å². The van der Waals surface area contributed by atoms with E-state index in [0.717, 1.165) is 15.6 Å². The molecule has 1 N–H and O–H groups in total. The standard InChI is InChI=1S/C15H19BrFNO2/c1-10-7-12(8-11(2)13(10)16)14(19)18-5-3-15(20,9-17)4-6-18/h7-8,20H,3-6,9H2,1-2H3. The zero-order chi connectivity index (χ0) is 14.9. The Balaban J connectivity index is 2.13. The number of alkyl halides is 1. The summed E-state index contributed by atoms with van der Waals surface area (Å²) in [6.45, 7) is 3.95. The fraction of sp³-hybridized carbons (Fsp3) is 0.533. The number of halogens is 2. The number of rotatable bonds is 2. The van der Waals surface area contributed by atoms with Gasteiger partial charge < -0.3 is 10.0 Å². The van der Waals surface area contributed by atoms with E-state index in [0.29, 0.717) is 31.5 Å². The van der Waals surface area contributed by atoms with Crippen LogP contribution >= 0.6 is 15.9 Å². The van der Waals surface area contributed by atoms with Gasteiger partial charge in [-0.2, -0.15) is 0 Å². The van der Waals surface area contributed by atoms with Crippen LogP contribution in [0.2, 0.25) is 0 Å². The number of carbonyl (C=O) groups excluding carboxylic acids is 1. The summed E-state index contributed by atoms with van der Waals surface area (Å²) >= 11 is 3.48. The van der Waals surface area contributed by atoms with Gasteiger partial charge in [-0.15, -0.1) is 0 Å². The largest absolute Gasteiger partial charge is 0.387 e. The number of carbonyl (C=O) groups is 1. The maximum absolute atomic E-state index is 12.7. The van der Waals surface area contributed by atoms with E-state index in [4.69, 9.17) is 0 Å². The van der Waals surface area contributed by atoms with Crippen LogP contribution in [0.3, 0.4) is 0 Å². The number of aliphatic hydroxyl groups is 1. The normalized spacial score (nSPS) is 18.1. The third-order valence-electron chi connectivity index (χ3n) is 3.91. The first kappa shape index (κ1) is 15.4. The second-order valence-electron chi connectivity index (χ2n) is 5.57. The van der Waals surface area contributed by atoms with E-state index in [9.17, 15) is 14.3 Å². The second kappa shape index (κ2) is 5.82. The van der Waals surface area contributed by atoms with Crippen molar-refractivity contribution in [2.75, 3.05) is 19.8 Å². The number of hydrogen-bond donors (Lipinski definition) is 1. The fourth-order valence-corrected chi connectivity index (χ4v) is 2.74. The molecule has 1 aromatic rings. The first-order valence-corrected chi connectivity index (χ1v) is 7.50. The van der Waals surface area contributed by atoms with Crippen LogP contribution in [0.25, 0.3) is 0 Å². The average Bonchev–Trinajstić information content (AvgIpc) is 2.44. The van der Waals surface area contributed by atoms with Gasteiger partial charge in [0.1, 0.15) is 6.67 Å². The molecule has 1 heterocycles. The molecule has 0 aliphatic carbocycles. The van der Waals surface area contributed by atoms with Crippen LogP contribution in [-0.2, 0) is 0 Å². The Bertz CT molecular complexity index is 502. The molecule has 20 heavy (non-hydrogen) atoms. The summed E-state index contributed by atoms with van der Waals surface area (Å²) in [6, 6.07) is 3.71. The van der Waals surface area contributed by atoms with Crippen LogP contribution in [0.15, 0.2) is 16.6 Å². The summed E-state index contributed by atoms with van der Waals surface area (Å²) in [6.07, 6.45) is 0.591. The molecule has 1 aliphatic rings. The summed E-state index contributed by atoms with van der Waals surface area (Å²) in [4.78, 5) is 14.1. The number of amides is 1. The number of piperidine rings is 1. The molecule has 2 rings (SSSR count). The molecule has 0 aromatic heterocycles. The summed E-state index contributed by atoms with van der Waals surface area (Å²) in [5.74, 6) is -0.0513. The lowest BCUT2D eigenvalue weighted by Crippen LogP contribution is -2.47. The summed E-state index contributed by atoms with van der Waals surface area (Å²) in [5, 5.41) is 9.86. The molecule has 0 atom stereocenters. The van der Waals surface area contributed by atoms with Crippen LogP contribution < -0.4 is 0 Å². The van der Waals surface area contributed by atoms with Gasteiger partial charge in [0, 0.05) is 23.1 Å². The van der Waals surface area contributed by atoms with Crippen molar-refractivity contribution in [2.45, 2.75) is 32.3 Å². The Kier molecular flexibility index (Phi) is 4.49. The average molecular weight is 344 g/mol. The summed E-state index contributed by atoms with van der Waals surface area (Å²) in [5.41, 5.74) is 1.44. The quantitative estimate of drug-likeness (QED) is 0.896. The van der Waals surface area contributed by atoms with Gasteiger partial charge in [-0.3, -0.25) is 4.79 Å². The zero-order valence-corrected chi connectivity index (χ0v) is 13.3. The van der Waals surface area contributed by atoms with Gasteiger partial charge in [0.2, 0.25) is 0 Å². The van der Waals surface area contributed by atoms with Crippen LogP contribution in [0.5, 0.6) is 0 Å². The van der Waals surface area contributed by atoms with Crippen molar-refractivity contribution in [3.05, 3.63) is 33.3 Å². The molecule has 0 unspecified atom stereocenters. The molecule has 3 nitrogen and oxygen atoms in total. The van der Waals surface area contributed by atoms with E-state index < -0.39 is 12.3 Å². The number of hydrogen-bond acceptors (Lipinski definition) is 2. The topological polar surface area (TPSA) is 40.5 Å². The van der Waals surface area contributed by atoms with E-state index in [1.807, 2.05) is 26.0 Å². The predicted molar refractivity (Wildman–Crippen MR) is 79.7 cm³/mol. The van der Waals surface area contributed by atoms with Crippen molar-refractivity contribution < 1.29 is 14.3 Å². The molecule has 1 saturated heterocycles. The first-order valence-electron chi connectivity index (χ1n) is 6.71. The lowest BCUT2D eigenvalue weighted by Gasteiger charge is -2.36. The Morgan fingerprint density at radius 2 is 1.85 bits per heavy atom. The van der Waals surface area contributed by atoms with Gasteiger partial charge in [-0.1, -0.05) is 15.9 Å². The fourth-order valence-electron chi connectivity index (χ4n) is 2.51. The Hall–Kier alpha value is -0.940. The number of nitrogens with zero attached hydrogens (tertiary/aromatic N) is 1. The zero-order valence-electron chi connectivity index (χ0n) is 11.7. The Morgan fingerprint density at radius 1 is 1.35 bits per heavy atom. The number of likely N-dealkylation sites (tertiary alicyclic amines) is 1. The number of benzene rings is 1. The van der Waals surface area contributed by atoms with E-state index in [-0.39, 0.29) is 5.91 Å². The Morgan fingerprint density at radius 3 is 2.30 bits per heavy atom. The van der Waals surface area contributed by atoms with Crippen molar-refractivity contribution in [1.82, 2.24) is 4.90 Å². The number of aryl methyl sites for hydroxylation is 2. The SMILES string of the molecule is Cc1cc(C(=O)N2CCC(O)(CF)CC2)cc(C)c1Br. The molecular weight excluding hydrogens is 325 g/mol. The highest BCUT2D eigenvalue weighted by Crippen LogP contribution is 2.26. The van der Waals surface area contributed by atoms with Crippen molar-refractivity contribution in [3.63, 3.8) is 0 Å². The van der Waals surface area contributed by atoms with Crippen LogP contribution in [0.4, 0.5) is 4.39 Å². The molecule has 1 fully saturated rings. The minimum Gasteiger partial charge on any atom is -0.387 e. The monoisotopic (exact) mass is 343 g/mol. The van der Waals surface area contributed by atoms with E-state index in [1.165, 1.54) is 0 Å². The molecule has 1 aliphatic heterocycles. The van der Waals surface area contributed by atoms with Gasteiger partial charge in [0.05, 0.1) is 5.60 Å². The van der Waals surface area contributed by atoms with Crippen LogP contribution in [0.1, 0.15) is 34.3 Å². The summed E-state index contributed by atoms with van der Waals surface area (Å²) in [7, 11) is 0. The van der Waals surface area contributed by atoms with E-state index in [1.54, 1.807) is 4.90 Å². The van der Waals surface area contributed by atoms with E-state index in [2.05, 4.69) is 15.9 Å². The first-order chi connectivity index (χ1) is 9.36. The highest BCUT2D eigenvalue weighted by atomic mass is 79.9. The third-order valence-corrected chi connectivity index (χ3v) is 5.16. The smallest absolute Gasteiger partial charge is 0.253 e. The molecule has 0 saturated carbocycles. The van der Waals surface area contributed by atoms with Crippen LogP contribution in [0, 0.1) is 13.8 Å². The van der Waals surface area contributed by atoms with Gasteiger partial charge in [-0.25, -0.2) is 4.39 Å². The third kappa shape index (κ3) is 3.04. The minimum atomic E-state index is -1.25. The van der Waals surface area contributed by atoms with Gasteiger partial charge in [0.15, 0.2) is 0 Å². The predicted octanol–water partition coefficient (Wildman–Crippen LogP) is 3.00. The maximum atomic E-state index is 12.7. The molecule has 0 radical (unpaired) electrons. The van der Waals surface area contributed by atoms with E-state index >= 15 is 0 Å². The lowest BCUT2D eigenvalue weighted by molar-refractivity contribution is -0.0333. The van der Waals surface area contributed by atoms with Crippen molar-refractivity contribution >= 4 is 21.8 Å². The molecule has 0 spiro atoms. The molecular formula is C15H19BrFNO2. The van der Waals surface area contributed by atoms with Gasteiger partial charge in [-0.05, 0) is 49.9 Å². The lowest BCUT2D eigenvalue weighted by atomic mass is 9.92. The van der Waals surface area contributed by atoms with Crippen LogP contribution in [-0.4, -0.2) is 41.3 Å². The Labute approximate surface area is 126 Å². The van der Waals surface area contributed by atoms with Crippen molar-refractivity contribution in [3.8, 4) is 0 Å². The second-order valence-corrected chi connectivity index (χ2v) is 6.37. The highest BCUT2D eigenvalue weighted by Gasteiger charge is 2.34. The maximum Gasteiger partial charge on any atom is 0.253 e. The molecule has 110 valence electrons. The highest BCUT2D eigenvalue weighted by molar-refractivity contribution is 9.10. The molecule has 1 amide bonds. The minimum absolute atomic E-state index is 0.0513. The molecule has 1 aromatic carbocycles. The van der Waals surface area contributed by atoms with Gasteiger partial charge >= 0.3 is 0 Å².